The second-order valence-electron chi connectivity index (χ2n) is 8.98. The Bertz CT molecular complexity index is 1130. The number of fused-ring (bicyclic) bond motifs is 2. The maximum atomic E-state index is 10.7. The Labute approximate surface area is 193 Å². The van der Waals surface area contributed by atoms with Gasteiger partial charge in [0.2, 0.25) is 0 Å². The van der Waals surface area contributed by atoms with Gasteiger partial charge in [-0.3, -0.25) is 0 Å². The Hall–Kier alpha value is -3.33. The van der Waals surface area contributed by atoms with Crippen molar-refractivity contribution in [2.45, 2.75) is 57.2 Å². The van der Waals surface area contributed by atoms with Crippen LogP contribution in [0.1, 0.15) is 37.8 Å². The number of piperidine rings is 2. The molecule has 0 aliphatic carbocycles. The molecule has 2 fully saturated rings. The second kappa shape index (κ2) is 8.90. The maximum Gasteiger partial charge on any atom is 0.185 e. The smallest absolute Gasteiger partial charge is 0.185 e. The molecule has 3 atom stereocenters. The zero-order chi connectivity index (χ0) is 22.9. The molecule has 1 aromatic carbocycles. The van der Waals surface area contributed by atoms with E-state index in [1.807, 2.05) is 13.0 Å². The van der Waals surface area contributed by atoms with E-state index in [2.05, 4.69) is 42.6 Å². The van der Waals surface area contributed by atoms with Crippen molar-refractivity contribution >= 4 is 5.82 Å². The van der Waals surface area contributed by atoms with Gasteiger partial charge in [0.05, 0.1) is 24.6 Å². The summed E-state index contributed by atoms with van der Waals surface area (Å²) in [6.07, 6.45) is 7.79. The number of anilines is 1. The van der Waals surface area contributed by atoms with Gasteiger partial charge in [-0.25, -0.2) is 4.98 Å². The summed E-state index contributed by atoms with van der Waals surface area (Å²) in [4.78, 5) is 6.70. The highest BCUT2D eigenvalue weighted by Gasteiger charge is 2.33. The van der Waals surface area contributed by atoms with E-state index in [1.54, 1.807) is 31.5 Å². The van der Waals surface area contributed by atoms with Gasteiger partial charge in [0, 0.05) is 36.8 Å². The second-order valence-corrected chi connectivity index (χ2v) is 8.98. The number of aryl methyl sites for hydroxylation is 1. The molecule has 33 heavy (non-hydrogen) atoms. The number of aromatic hydroxyl groups is 1. The van der Waals surface area contributed by atoms with Crippen molar-refractivity contribution in [2.24, 2.45) is 0 Å². The Morgan fingerprint density at radius 3 is 2.52 bits per heavy atom. The zero-order valence-electron chi connectivity index (χ0n) is 19.2. The number of aromatic nitrogens is 5. The summed E-state index contributed by atoms with van der Waals surface area (Å²) >= 11 is 0. The van der Waals surface area contributed by atoms with Crippen LogP contribution >= 0.6 is 0 Å². The standard InChI is InChI=1S/C24H29N7O2/c1-14-22(33-3)12-20(28-27-14)15-7-8-19(21(32)9-15)24-25-13-23(29-30-24)31(2)18-10-16-5-4-6-17(11-18)26-16/h7-9,12-13,16-18,26,32H,4-6,10-11H2,1-3H3/t16-,17+,18?. The number of phenols is 1. The first-order chi connectivity index (χ1) is 16.0. The number of methoxy groups -OCH3 is 1. The van der Waals surface area contributed by atoms with Gasteiger partial charge in [0.15, 0.2) is 11.6 Å². The van der Waals surface area contributed by atoms with Crippen molar-refractivity contribution in [3.05, 3.63) is 36.2 Å². The molecule has 2 aliphatic heterocycles. The molecule has 0 amide bonds. The van der Waals surface area contributed by atoms with Crippen molar-refractivity contribution in [1.82, 2.24) is 30.7 Å². The lowest BCUT2D eigenvalue weighted by atomic mass is 9.83. The van der Waals surface area contributed by atoms with Gasteiger partial charge < -0.3 is 20.1 Å². The normalized spacial score (nSPS) is 22.1. The van der Waals surface area contributed by atoms with E-state index < -0.39 is 0 Å². The molecule has 2 bridgehead atoms. The summed E-state index contributed by atoms with van der Waals surface area (Å²) in [7, 11) is 3.66. The number of phenolic OH excluding ortho intramolecular Hbond substituents is 1. The highest BCUT2D eigenvalue weighted by Crippen LogP contribution is 2.33. The number of hydrogen-bond acceptors (Lipinski definition) is 9. The number of hydrogen-bond donors (Lipinski definition) is 2. The number of benzene rings is 1. The predicted molar refractivity (Wildman–Crippen MR) is 125 cm³/mol. The third-order valence-electron chi connectivity index (χ3n) is 6.83. The largest absolute Gasteiger partial charge is 0.507 e. The van der Waals surface area contributed by atoms with Crippen LogP contribution < -0.4 is 15.0 Å². The molecule has 2 saturated heterocycles. The van der Waals surface area contributed by atoms with Crippen molar-refractivity contribution in [3.63, 3.8) is 0 Å². The lowest BCUT2D eigenvalue weighted by molar-refractivity contribution is 0.219. The van der Waals surface area contributed by atoms with Crippen LogP contribution in [0.5, 0.6) is 11.5 Å². The first-order valence-electron chi connectivity index (χ1n) is 11.4. The van der Waals surface area contributed by atoms with E-state index in [0.717, 1.165) is 24.2 Å². The van der Waals surface area contributed by atoms with Crippen LogP contribution in [0.15, 0.2) is 30.5 Å². The molecule has 9 nitrogen and oxygen atoms in total. The fraction of sp³-hybridized carbons (Fsp3) is 0.458. The minimum Gasteiger partial charge on any atom is -0.507 e. The van der Waals surface area contributed by atoms with Crippen molar-refractivity contribution < 1.29 is 9.84 Å². The van der Waals surface area contributed by atoms with Crippen LogP contribution in [-0.2, 0) is 0 Å². The highest BCUT2D eigenvalue weighted by molar-refractivity contribution is 5.71. The molecule has 2 N–H and O–H groups in total. The van der Waals surface area contributed by atoms with E-state index in [4.69, 9.17) is 4.74 Å². The summed E-state index contributed by atoms with van der Waals surface area (Å²) in [6, 6.07) is 8.68. The first-order valence-corrected chi connectivity index (χ1v) is 11.4. The molecule has 2 aliphatic rings. The zero-order valence-corrected chi connectivity index (χ0v) is 19.2. The molecule has 4 heterocycles. The number of nitrogens with zero attached hydrogens (tertiary/aromatic N) is 6. The third kappa shape index (κ3) is 4.32. The summed E-state index contributed by atoms with van der Waals surface area (Å²) in [5.41, 5.74) is 2.56. The number of nitrogens with one attached hydrogen (secondary N) is 1. The molecule has 3 aromatic rings. The summed E-state index contributed by atoms with van der Waals surface area (Å²) in [5.74, 6) is 1.84. The molecule has 0 saturated carbocycles. The van der Waals surface area contributed by atoms with Crippen molar-refractivity contribution in [1.29, 1.82) is 0 Å². The minimum atomic E-state index is 0.0583. The van der Waals surface area contributed by atoms with E-state index in [1.165, 1.54) is 19.3 Å². The van der Waals surface area contributed by atoms with Gasteiger partial charge >= 0.3 is 0 Å². The van der Waals surface area contributed by atoms with Gasteiger partial charge in [-0.1, -0.05) is 12.5 Å². The number of ether oxygens (including phenoxy) is 1. The van der Waals surface area contributed by atoms with Gasteiger partial charge in [-0.15, -0.1) is 15.3 Å². The van der Waals surface area contributed by atoms with Crippen LogP contribution in [0.3, 0.4) is 0 Å². The summed E-state index contributed by atoms with van der Waals surface area (Å²) < 4.78 is 5.33. The summed E-state index contributed by atoms with van der Waals surface area (Å²) in [5, 5.41) is 31.4. The lowest BCUT2D eigenvalue weighted by Gasteiger charge is -2.43. The number of rotatable bonds is 5. The Morgan fingerprint density at radius 2 is 1.85 bits per heavy atom. The third-order valence-corrected chi connectivity index (χ3v) is 6.83. The Morgan fingerprint density at radius 1 is 1.06 bits per heavy atom. The maximum absolute atomic E-state index is 10.7. The van der Waals surface area contributed by atoms with Gasteiger partial charge in [-0.2, -0.15) is 5.10 Å². The SMILES string of the molecule is COc1cc(-c2ccc(-c3ncc(N(C)C4C[C@H]5CCC[C@@H](C4)N5)nn3)c(O)c2)nnc1C. The van der Waals surface area contributed by atoms with E-state index in [-0.39, 0.29) is 5.75 Å². The molecular formula is C24H29N7O2. The molecule has 172 valence electrons. The average molecular weight is 448 g/mol. The molecule has 0 spiro atoms. The summed E-state index contributed by atoms with van der Waals surface area (Å²) in [6.45, 7) is 1.83. The molecular weight excluding hydrogens is 418 g/mol. The lowest BCUT2D eigenvalue weighted by Crippen LogP contribution is -2.54. The quantitative estimate of drug-likeness (QED) is 0.609. The van der Waals surface area contributed by atoms with Crippen LogP contribution in [0.25, 0.3) is 22.6 Å². The van der Waals surface area contributed by atoms with Crippen LogP contribution in [0.2, 0.25) is 0 Å². The fourth-order valence-electron chi connectivity index (χ4n) is 4.96. The Balaban J connectivity index is 1.34. The van der Waals surface area contributed by atoms with Crippen LogP contribution in [0.4, 0.5) is 5.82 Å². The monoisotopic (exact) mass is 447 g/mol. The van der Waals surface area contributed by atoms with Gasteiger partial charge in [0.1, 0.15) is 17.2 Å². The molecule has 2 aromatic heterocycles. The molecule has 0 radical (unpaired) electrons. The van der Waals surface area contributed by atoms with Crippen molar-refractivity contribution in [3.8, 4) is 34.1 Å². The van der Waals surface area contributed by atoms with Crippen molar-refractivity contribution in [2.75, 3.05) is 19.1 Å². The van der Waals surface area contributed by atoms with Gasteiger partial charge in [0.25, 0.3) is 0 Å². The Kier molecular flexibility index (Phi) is 5.80. The average Bonchev–Trinajstić information content (AvgIpc) is 2.84. The van der Waals surface area contributed by atoms with Gasteiger partial charge in [-0.05, 0) is 44.7 Å². The van der Waals surface area contributed by atoms with E-state index in [0.29, 0.717) is 46.7 Å². The van der Waals surface area contributed by atoms with Crippen LogP contribution in [-0.4, -0.2) is 62.8 Å². The first kappa shape index (κ1) is 21.5. The highest BCUT2D eigenvalue weighted by atomic mass is 16.5. The van der Waals surface area contributed by atoms with Crippen LogP contribution in [0, 0.1) is 6.92 Å². The molecule has 5 rings (SSSR count). The molecule has 9 heteroatoms. The van der Waals surface area contributed by atoms with E-state index >= 15 is 0 Å². The minimum absolute atomic E-state index is 0.0583. The molecule has 1 unspecified atom stereocenters. The van der Waals surface area contributed by atoms with E-state index in [9.17, 15) is 5.11 Å². The topological polar surface area (TPSA) is 109 Å². The fourth-order valence-corrected chi connectivity index (χ4v) is 4.96. The predicted octanol–water partition coefficient (Wildman–Crippen LogP) is 3.13.